The van der Waals surface area contributed by atoms with Crippen LogP contribution in [-0.4, -0.2) is 18.3 Å². The molecule has 0 saturated heterocycles. The van der Waals surface area contributed by atoms with E-state index in [2.05, 4.69) is 22.9 Å². The summed E-state index contributed by atoms with van der Waals surface area (Å²) in [5.41, 5.74) is 7.81. The quantitative estimate of drug-likeness (QED) is 0.403. The number of aryl methyl sites for hydroxylation is 1. The number of nitrogens with zero attached hydrogens (tertiary/aromatic N) is 1. The smallest absolute Gasteiger partial charge is 0.193 e. The second kappa shape index (κ2) is 5.54. The highest BCUT2D eigenvalue weighted by Gasteiger charge is 1.93. The fraction of sp³-hybridized carbons (Fsp3) is 0.300. The van der Waals surface area contributed by atoms with Crippen LogP contribution in [0.15, 0.2) is 29.3 Å². The van der Waals surface area contributed by atoms with Gasteiger partial charge in [-0.3, -0.25) is 4.99 Å². The molecule has 0 saturated carbocycles. The number of guanidine groups is 1. The molecule has 1 rings (SSSR count). The molecule has 4 heteroatoms. The van der Waals surface area contributed by atoms with E-state index in [1.54, 1.807) is 0 Å². The maximum absolute atomic E-state index is 5.63. The van der Waals surface area contributed by atoms with Crippen molar-refractivity contribution in [3.05, 3.63) is 29.8 Å². The summed E-state index contributed by atoms with van der Waals surface area (Å²) in [5.74, 6) is 1.14. The molecule has 0 atom stereocenters. The van der Waals surface area contributed by atoms with Gasteiger partial charge in [0.25, 0.3) is 0 Å². The molecule has 0 aromatic heterocycles. The van der Waals surface area contributed by atoms with Crippen LogP contribution in [0.5, 0.6) is 0 Å². The zero-order chi connectivity index (χ0) is 10.4. The number of nitrogens with one attached hydrogen (secondary N) is 1. The van der Waals surface area contributed by atoms with Gasteiger partial charge in [-0.2, -0.15) is 12.6 Å². The van der Waals surface area contributed by atoms with Crippen molar-refractivity contribution in [1.82, 2.24) is 0 Å². The molecule has 0 spiro atoms. The molecule has 0 heterocycles. The number of aliphatic imine (C=N–C) groups is 1. The van der Waals surface area contributed by atoms with Gasteiger partial charge in [0.1, 0.15) is 0 Å². The predicted molar refractivity (Wildman–Crippen MR) is 65.1 cm³/mol. The lowest BCUT2D eigenvalue weighted by atomic mass is 10.2. The van der Waals surface area contributed by atoms with Crippen molar-refractivity contribution >= 4 is 24.3 Å². The second-order valence-corrected chi connectivity index (χ2v) is 3.43. The van der Waals surface area contributed by atoms with Gasteiger partial charge in [-0.15, -0.1) is 0 Å². The van der Waals surface area contributed by atoms with Crippen molar-refractivity contribution in [2.75, 3.05) is 17.6 Å². The Hall–Kier alpha value is -1.16. The Kier molecular flexibility index (Phi) is 4.32. The van der Waals surface area contributed by atoms with E-state index in [9.17, 15) is 0 Å². The molecule has 3 nitrogen and oxygen atoms in total. The van der Waals surface area contributed by atoms with Crippen LogP contribution in [0, 0.1) is 6.92 Å². The summed E-state index contributed by atoms with van der Waals surface area (Å²) < 4.78 is 0. The first kappa shape index (κ1) is 10.9. The van der Waals surface area contributed by atoms with Gasteiger partial charge in [-0.1, -0.05) is 17.7 Å². The SMILES string of the molecule is Cc1ccc(NC(N)=NCCS)cc1. The van der Waals surface area contributed by atoms with Crippen LogP contribution in [0.25, 0.3) is 0 Å². The number of hydrogen-bond donors (Lipinski definition) is 3. The molecule has 1 aromatic carbocycles. The molecule has 76 valence electrons. The molecule has 1 aromatic rings. The van der Waals surface area contributed by atoms with Crippen LogP contribution < -0.4 is 11.1 Å². The largest absolute Gasteiger partial charge is 0.370 e. The molecular weight excluding hydrogens is 194 g/mol. The van der Waals surface area contributed by atoms with Crippen LogP contribution in [0.1, 0.15) is 5.56 Å². The van der Waals surface area contributed by atoms with Crippen LogP contribution in [0.4, 0.5) is 5.69 Å². The lowest BCUT2D eigenvalue weighted by Crippen LogP contribution is -2.22. The Morgan fingerprint density at radius 2 is 2.07 bits per heavy atom. The van der Waals surface area contributed by atoms with Crippen molar-refractivity contribution in [1.29, 1.82) is 0 Å². The van der Waals surface area contributed by atoms with E-state index in [-0.39, 0.29) is 0 Å². The summed E-state index contributed by atoms with van der Waals surface area (Å²) in [6.45, 7) is 2.68. The van der Waals surface area contributed by atoms with Crippen molar-refractivity contribution < 1.29 is 0 Å². The lowest BCUT2D eigenvalue weighted by molar-refractivity contribution is 1.14. The van der Waals surface area contributed by atoms with Gasteiger partial charge >= 0.3 is 0 Å². The molecule has 3 N–H and O–H groups in total. The minimum atomic E-state index is 0.433. The minimum Gasteiger partial charge on any atom is -0.370 e. The van der Waals surface area contributed by atoms with Gasteiger partial charge < -0.3 is 11.1 Å². The topological polar surface area (TPSA) is 50.4 Å². The highest BCUT2D eigenvalue weighted by Crippen LogP contribution is 2.07. The van der Waals surface area contributed by atoms with E-state index < -0.39 is 0 Å². The van der Waals surface area contributed by atoms with Crippen LogP contribution in [0.2, 0.25) is 0 Å². The normalized spacial score (nSPS) is 11.4. The zero-order valence-electron chi connectivity index (χ0n) is 8.20. The van der Waals surface area contributed by atoms with Gasteiger partial charge in [-0.25, -0.2) is 0 Å². The number of hydrogen-bond acceptors (Lipinski definition) is 2. The van der Waals surface area contributed by atoms with E-state index in [1.165, 1.54) is 5.56 Å². The zero-order valence-corrected chi connectivity index (χ0v) is 9.09. The third-order valence-corrected chi connectivity index (χ3v) is 1.91. The molecule has 0 aliphatic heterocycles. The summed E-state index contributed by atoms with van der Waals surface area (Å²) in [5, 5.41) is 3.00. The Balaban J connectivity index is 2.56. The summed E-state index contributed by atoms with van der Waals surface area (Å²) in [6, 6.07) is 7.99. The molecule has 0 amide bonds. The van der Waals surface area contributed by atoms with E-state index >= 15 is 0 Å². The molecule has 0 aliphatic carbocycles. The number of rotatable bonds is 3. The summed E-state index contributed by atoms with van der Waals surface area (Å²) in [4.78, 5) is 4.07. The van der Waals surface area contributed by atoms with Crippen molar-refractivity contribution in [3.63, 3.8) is 0 Å². The van der Waals surface area contributed by atoms with Crippen LogP contribution in [-0.2, 0) is 0 Å². The monoisotopic (exact) mass is 209 g/mol. The molecule has 0 fully saturated rings. The van der Waals surface area contributed by atoms with Crippen molar-refractivity contribution in [2.24, 2.45) is 10.7 Å². The molecular formula is C10H15N3S. The van der Waals surface area contributed by atoms with Gasteiger partial charge in [0.05, 0.1) is 6.54 Å². The average Bonchev–Trinajstić information content (AvgIpc) is 2.18. The van der Waals surface area contributed by atoms with Gasteiger partial charge in [0, 0.05) is 11.4 Å². The standard InChI is InChI=1S/C10H15N3S/c1-8-2-4-9(5-3-8)13-10(11)12-6-7-14/h2-5,14H,6-7H2,1H3,(H3,11,12,13). The lowest BCUT2D eigenvalue weighted by Gasteiger charge is -2.05. The highest BCUT2D eigenvalue weighted by atomic mass is 32.1. The van der Waals surface area contributed by atoms with Gasteiger partial charge in [0.2, 0.25) is 0 Å². The van der Waals surface area contributed by atoms with Crippen LogP contribution >= 0.6 is 12.6 Å². The van der Waals surface area contributed by atoms with E-state index in [1.807, 2.05) is 31.2 Å². The van der Waals surface area contributed by atoms with Gasteiger partial charge in [0.15, 0.2) is 5.96 Å². The summed E-state index contributed by atoms with van der Waals surface area (Å²) in [7, 11) is 0. The fourth-order valence-electron chi connectivity index (χ4n) is 0.995. The summed E-state index contributed by atoms with van der Waals surface area (Å²) in [6.07, 6.45) is 0. The van der Waals surface area contributed by atoms with E-state index in [4.69, 9.17) is 5.73 Å². The van der Waals surface area contributed by atoms with Gasteiger partial charge in [-0.05, 0) is 19.1 Å². The Bertz CT molecular complexity index is 306. The third kappa shape index (κ3) is 3.70. The Labute approximate surface area is 89.8 Å². The average molecular weight is 209 g/mol. The third-order valence-electron chi connectivity index (χ3n) is 1.71. The second-order valence-electron chi connectivity index (χ2n) is 2.98. The number of nitrogens with two attached hydrogens (primary N) is 1. The highest BCUT2D eigenvalue weighted by molar-refractivity contribution is 7.80. The summed E-state index contributed by atoms with van der Waals surface area (Å²) >= 11 is 4.04. The molecule has 0 radical (unpaired) electrons. The van der Waals surface area contributed by atoms with Crippen LogP contribution in [0.3, 0.4) is 0 Å². The first-order valence-electron chi connectivity index (χ1n) is 4.47. The fourth-order valence-corrected chi connectivity index (χ4v) is 1.09. The van der Waals surface area contributed by atoms with Crippen molar-refractivity contribution in [2.45, 2.75) is 6.92 Å². The first-order valence-corrected chi connectivity index (χ1v) is 5.10. The molecule has 0 bridgehead atoms. The Morgan fingerprint density at radius 3 is 2.64 bits per heavy atom. The first-order chi connectivity index (χ1) is 6.72. The van der Waals surface area contributed by atoms with E-state index in [0.29, 0.717) is 18.3 Å². The minimum absolute atomic E-state index is 0.433. The number of anilines is 1. The maximum atomic E-state index is 5.63. The number of benzene rings is 1. The number of thiol groups is 1. The van der Waals surface area contributed by atoms with Crippen molar-refractivity contribution in [3.8, 4) is 0 Å². The Morgan fingerprint density at radius 1 is 1.43 bits per heavy atom. The predicted octanol–water partition coefficient (Wildman–Crippen LogP) is 1.65. The van der Waals surface area contributed by atoms with E-state index in [0.717, 1.165) is 5.69 Å². The molecule has 14 heavy (non-hydrogen) atoms. The molecule has 0 unspecified atom stereocenters. The maximum Gasteiger partial charge on any atom is 0.193 e. The molecule has 0 aliphatic rings.